The van der Waals surface area contributed by atoms with Gasteiger partial charge >= 0.3 is 0 Å². The van der Waals surface area contributed by atoms with Gasteiger partial charge in [-0.1, -0.05) is 11.8 Å². The molecule has 0 aliphatic carbocycles. The molecule has 3 rings (SSSR count). The number of rotatable bonds is 1. The molecule has 3 aliphatic rings. The molecular weight excluding hydrogens is 242 g/mol. The van der Waals surface area contributed by atoms with E-state index < -0.39 is 0 Å². The van der Waals surface area contributed by atoms with Gasteiger partial charge in [-0.3, -0.25) is 14.5 Å². The van der Waals surface area contributed by atoms with Crippen molar-refractivity contribution in [3.8, 4) is 11.8 Å². The number of alkyl halides is 1. The van der Waals surface area contributed by atoms with Gasteiger partial charge in [0.2, 0.25) is 11.8 Å². The molecule has 3 heterocycles. The zero-order valence-corrected chi connectivity index (χ0v) is 9.94. The Hall–Kier alpha value is -1.05. The summed E-state index contributed by atoms with van der Waals surface area (Å²) in [4.78, 5) is 25.5. The van der Waals surface area contributed by atoms with E-state index >= 15 is 0 Å². The molecule has 90 valence electrons. The van der Waals surface area contributed by atoms with Crippen LogP contribution in [0.5, 0.6) is 0 Å². The predicted octanol–water partition coefficient (Wildman–Crippen LogP) is 0.391. The van der Waals surface area contributed by atoms with Crippen LogP contribution in [-0.4, -0.2) is 41.3 Å². The van der Waals surface area contributed by atoms with Crippen LogP contribution in [-0.2, 0) is 14.3 Å². The maximum atomic E-state index is 12.1. The third-order valence-electron chi connectivity index (χ3n) is 3.80. The molecule has 0 aromatic heterocycles. The lowest BCUT2D eigenvalue weighted by molar-refractivity contribution is -0.141. The van der Waals surface area contributed by atoms with Crippen LogP contribution in [0, 0.1) is 23.7 Å². The smallest absolute Gasteiger partial charge is 0.236 e. The highest BCUT2D eigenvalue weighted by molar-refractivity contribution is 6.19. The van der Waals surface area contributed by atoms with Crippen LogP contribution in [0.3, 0.4) is 0 Å². The van der Waals surface area contributed by atoms with E-state index in [1.165, 1.54) is 4.90 Å². The van der Waals surface area contributed by atoms with Gasteiger partial charge in [0, 0.05) is 0 Å². The molecule has 2 bridgehead atoms. The number of hydrogen-bond donors (Lipinski definition) is 0. The molecule has 5 heteroatoms. The van der Waals surface area contributed by atoms with Crippen LogP contribution in [0.4, 0.5) is 0 Å². The third kappa shape index (κ3) is 1.50. The SMILES string of the molecule is O=C1[C@@H]2[C@H](C(=O)N1CC#CCCl)[C@H]1CC[C@@H]2O1. The Morgan fingerprint density at radius 3 is 2.29 bits per heavy atom. The van der Waals surface area contributed by atoms with Crippen molar-refractivity contribution in [1.82, 2.24) is 4.90 Å². The van der Waals surface area contributed by atoms with Crippen LogP contribution >= 0.6 is 11.6 Å². The maximum absolute atomic E-state index is 12.1. The van der Waals surface area contributed by atoms with Gasteiger partial charge in [0.15, 0.2) is 0 Å². The molecular formula is C12H12ClNO3. The first-order chi connectivity index (χ1) is 8.24. The number of carbonyl (C=O) groups is 2. The van der Waals surface area contributed by atoms with Crippen LogP contribution < -0.4 is 0 Å². The van der Waals surface area contributed by atoms with E-state index in [2.05, 4.69) is 11.8 Å². The van der Waals surface area contributed by atoms with Crippen molar-refractivity contribution in [1.29, 1.82) is 0 Å². The summed E-state index contributed by atoms with van der Waals surface area (Å²) in [5.41, 5.74) is 0. The number of amides is 2. The molecule has 0 N–H and O–H groups in total. The molecule has 0 unspecified atom stereocenters. The van der Waals surface area contributed by atoms with Crippen molar-refractivity contribution in [3.05, 3.63) is 0 Å². The molecule has 0 radical (unpaired) electrons. The van der Waals surface area contributed by atoms with Crippen molar-refractivity contribution < 1.29 is 14.3 Å². The monoisotopic (exact) mass is 253 g/mol. The molecule has 0 saturated carbocycles. The standard InChI is InChI=1S/C12H12ClNO3/c13-5-1-2-6-14-11(15)9-7-3-4-8(17-7)10(9)12(14)16/h7-10H,3-6H2/t7-,8+,9-,10+. The lowest BCUT2D eigenvalue weighted by Crippen LogP contribution is -2.34. The molecule has 0 aromatic rings. The van der Waals surface area contributed by atoms with E-state index in [0.29, 0.717) is 0 Å². The molecule has 4 atom stereocenters. The molecule has 4 nitrogen and oxygen atoms in total. The Morgan fingerprint density at radius 1 is 1.18 bits per heavy atom. The van der Waals surface area contributed by atoms with Crippen molar-refractivity contribution >= 4 is 23.4 Å². The molecule has 2 amide bonds. The summed E-state index contributed by atoms with van der Waals surface area (Å²) in [6.45, 7) is 0.164. The number of fused-ring (bicyclic) bond motifs is 5. The van der Waals surface area contributed by atoms with Crippen molar-refractivity contribution in [2.75, 3.05) is 12.4 Å². The average Bonchev–Trinajstić information content (AvgIpc) is 2.97. The predicted molar refractivity (Wildman–Crippen MR) is 60.1 cm³/mol. The summed E-state index contributed by atoms with van der Waals surface area (Å²) in [6.07, 6.45) is 1.69. The first-order valence-electron chi connectivity index (χ1n) is 5.76. The summed E-state index contributed by atoms with van der Waals surface area (Å²) in [7, 11) is 0. The minimum Gasteiger partial charge on any atom is -0.373 e. The summed E-state index contributed by atoms with van der Waals surface area (Å²) in [5, 5.41) is 0. The van der Waals surface area contributed by atoms with Gasteiger partial charge in [0.1, 0.15) is 0 Å². The van der Waals surface area contributed by atoms with Crippen molar-refractivity contribution in [2.45, 2.75) is 25.0 Å². The summed E-state index contributed by atoms with van der Waals surface area (Å²) < 4.78 is 5.63. The maximum Gasteiger partial charge on any atom is 0.236 e. The van der Waals surface area contributed by atoms with Crippen LogP contribution in [0.25, 0.3) is 0 Å². The van der Waals surface area contributed by atoms with Gasteiger partial charge in [0.05, 0.1) is 36.5 Å². The Labute approximate surface area is 104 Å². The summed E-state index contributed by atoms with van der Waals surface area (Å²) in [6, 6.07) is 0. The lowest BCUT2D eigenvalue weighted by atomic mass is 9.81. The Bertz CT molecular complexity index is 411. The Balaban J connectivity index is 1.81. The fourth-order valence-electron chi connectivity index (χ4n) is 3.11. The highest BCUT2D eigenvalue weighted by Gasteiger charge is 2.62. The fraction of sp³-hybridized carbons (Fsp3) is 0.667. The zero-order chi connectivity index (χ0) is 12.0. The molecule has 0 aromatic carbocycles. The first-order valence-corrected chi connectivity index (χ1v) is 6.30. The minimum absolute atomic E-state index is 0.0487. The number of nitrogens with zero attached hydrogens (tertiary/aromatic N) is 1. The molecule has 0 spiro atoms. The number of carbonyl (C=O) groups excluding carboxylic acids is 2. The van der Waals surface area contributed by atoms with Crippen LogP contribution in [0.1, 0.15) is 12.8 Å². The zero-order valence-electron chi connectivity index (χ0n) is 9.19. The van der Waals surface area contributed by atoms with E-state index in [-0.39, 0.29) is 48.3 Å². The van der Waals surface area contributed by atoms with E-state index in [1.807, 2.05) is 0 Å². The van der Waals surface area contributed by atoms with Gasteiger partial charge in [-0.05, 0) is 12.8 Å². The van der Waals surface area contributed by atoms with E-state index in [1.54, 1.807) is 0 Å². The first kappa shape index (κ1) is 11.1. The van der Waals surface area contributed by atoms with Gasteiger partial charge in [-0.2, -0.15) is 0 Å². The molecule has 3 saturated heterocycles. The highest BCUT2D eigenvalue weighted by Crippen LogP contribution is 2.48. The minimum atomic E-state index is -0.251. The van der Waals surface area contributed by atoms with Crippen LogP contribution in [0.2, 0.25) is 0 Å². The van der Waals surface area contributed by atoms with Gasteiger partial charge in [-0.15, -0.1) is 11.6 Å². The Kier molecular flexibility index (Phi) is 2.61. The van der Waals surface area contributed by atoms with Crippen molar-refractivity contribution in [2.24, 2.45) is 11.8 Å². The van der Waals surface area contributed by atoms with Crippen LogP contribution in [0.15, 0.2) is 0 Å². The summed E-state index contributed by atoms with van der Waals surface area (Å²) in [5.74, 6) is 4.89. The lowest BCUT2D eigenvalue weighted by Gasteiger charge is -2.15. The number of ether oxygens (including phenoxy) is 1. The Morgan fingerprint density at radius 2 is 1.76 bits per heavy atom. The van der Waals surface area contributed by atoms with E-state index in [0.717, 1.165) is 12.8 Å². The molecule has 3 aliphatic heterocycles. The largest absolute Gasteiger partial charge is 0.373 e. The summed E-state index contributed by atoms with van der Waals surface area (Å²) >= 11 is 5.43. The van der Waals surface area contributed by atoms with Gasteiger partial charge in [-0.25, -0.2) is 0 Å². The average molecular weight is 254 g/mol. The fourth-order valence-corrected chi connectivity index (χ4v) is 3.21. The van der Waals surface area contributed by atoms with E-state index in [4.69, 9.17) is 16.3 Å². The second-order valence-corrected chi connectivity index (χ2v) is 4.86. The normalized spacial score (nSPS) is 38.3. The number of imide groups is 1. The third-order valence-corrected chi connectivity index (χ3v) is 3.94. The number of hydrogen-bond acceptors (Lipinski definition) is 3. The second-order valence-electron chi connectivity index (χ2n) is 4.59. The second kappa shape index (κ2) is 4.01. The molecule has 3 fully saturated rings. The molecule has 17 heavy (non-hydrogen) atoms. The number of halogens is 1. The van der Waals surface area contributed by atoms with Gasteiger partial charge < -0.3 is 4.74 Å². The van der Waals surface area contributed by atoms with E-state index in [9.17, 15) is 9.59 Å². The van der Waals surface area contributed by atoms with Gasteiger partial charge in [0.25, 0.3) is 0 Å². The topological polar surface area (TPSA) is 46.6 Å². The highest BCUT2D eigenvalue weighted by atomic mass is 35.5. The number of likely N-dealkylation sites (tertiary alicyclic amines) is 1. The quantitative estimate of drug-likeness (QED) is 0.386. The van der Waals surface area contributed by atoms with Crippen molar-refractivity contribution in [3.63, 3.8) is 0 Å².